The zero-order valence-corrected chi connectivity index (χ0v) is 16.5. The first kappa shape index (κ1) is 23.1. The Balaban J connectivity index is 1.95. The Morgan fingerprint density at radius 3 is 2.37 bits per heavy atom. The van der Waals surface area contributed by atoms with Crippen LogP contribution < -0.4 is 9.47 Å². The van der Waals surface area contributed by atoms with Gasteiger partial charge in [0, 0.05) is 5.56 Å². The zero-order valence-electron chi connectivity index (χ0n) is 16.5. The number of nitrogens with zero attached hydrogens (tertiary/aromatic N) is 1. The molecule has 0 atom stereocenters. The molecule has 0 heterocycles. The van der Waals surface area contributed by atoms with Crippen LogP contribution in [-0.2, 0) is 22.2 Å². The fraction of sp³-hybridized carbons (Fsp3) is 0.333. The van der Waals surface area contributed by atoms with Crippen LogP contribution in [0, 0.1) is 0 Å². The average molecular weight is 425 g/mol. The van der Waals surface area contributed by atoms with Crippen molar-refractivity contribution in [3.05, 3.63) is 59.2 Å². The third-order valence-corrected chi connectivity index (χ3v) is 4.09. The van der Waals surface area contributed by atoms with E-state index in [4.69, 9.17) is 19.4 Å². The molecule has 1 N–H and O–H groups in total. The summed E-state index contributed by atoms with van der Waals surface area (Å²) in [5.41, 5.74) is 0.798. The maximum Gasteiger partial charge on any atom is 0.416 e. The summed E-state index contributed by atoms with van der Waals surface area (Å²) in [5.74, 6) is -0.275. The van der Waals surface area contributed by atoms with Crippen molar-refractivity contribution in [1.82, 2.24) is 0 Å². The Morgan fingerprint density at radius 1 is 1.10 bits per heavy atom. The van der Waals surface area contributed by atoms with E-state index in [0.29, 0.717) is 34.8 Å². The van der Waals surface area contributed by atoms with Crippen LogP contribution in [0.3, 0.4) is 0 Å². The minimum atomic E-state index is -4.39. The molecule has 0 saturated heterocycles. The Hall–Kier alpha value is -3.23. The zero-order chi connectivity index (χ0) is 22.1. The Kier molecular flexibility index (Phi) is 8.08. The summed E-state index contributed by atoms with van der Waals surface area (Å²) in [6.07, 6.45) is -4.12. The normalized spacial score (nSPS) is 11.8. The first-order valence-electron chi connectivity index (χ1n) is 9.13. The molecule has 0 saturated carbocycles. The molecule has 0 bridgehead atoms. The second-order valence-electron chi connectivity index (χ2n) is 6.17. The summed E-state index contributed by atoms with van der Waals surface area (Å²) >= 11 is 0. The van der Waals surface area contributed by atoms with Crippen molar-refractivity contribution in [1.29, 1.82) is 0 Å². The van der Waals surface area contributed by atoms with Crippen molar-refractivity contribution in [3.8, 4) is 11.5 Å². The van der Waals surface area contributed by atoms with Crippen LogP contribution in [0.1, 0.15) is 30.0 Å². The van der Waals surface area contributed by atoms with Gasteiger partial charge in [0.2, 0.25) is 0 Å². The number of hydrogen-bond acceptors (Lipinski definition) is 5. The number of para-hydroxylation sites is 1. The number of methoxy groups -OCH3 is 1. The molecular weight excluding hydrogens is 403 g/mol. The highest BCUT2D eigenvalue weighted by Crippen LogP contribution is 2.31. The topological polar surface area (TPSA) is 77.4 Å². The van der Waals surface area contributed by atoms with Gasteiger partial charge in [0.15, 0.2) is 18.1 Å². The maximum absolute atomic E-state index is 12.7. The lowest BCUT2D eigenvalue weighted by Crippen LogP contribution is -2.09. The minimum Gasteiger partial charge on any atom is -0.493 e. The van der Waals surface area contributed by atoms with Crippen molar-refractivity contribution in [2.75, 3.05) is 20.3 Å². The minimum absolute atomic E-state index is 0.0798. The molecule has 0 radical (unpaired) electrons. The van der Waals surface area contributed by atoms with E-state index in [9.17, 15) is 18.0 Å². The monoisotopic (exact) mass is 425 g/mol. The lowest BCUT2D eigenvalue weighted by Gasteiger charge is -2.13. The van der Waals surface area contributed by atoms with Crippen LogP contribution in [0.5, 0.6) is 11.5 Å². The molecule has 6 nitrogen and oxygen atoms in total. The average Bonchev–Trinajstić information content (AvgIpc) is 2.70. The lowest BCUT2D eigenvalue weighted by molar-refractivity contribution is -0.138. The Morgan fingerprint density at radius 2 is 1.80 bits per heavy atom. The molecule has 0 unspecified atom stereocenters. The number of alkyl halides is 3. The largest absolute Gasteiger partial charge is 0.493 e. The van der Waals surface area contributed by atoms with Gasteiger partial charge in [-0.25, -0.2) is 0 Å². The molecular formula is C21H22F3NO5. The lowest BCUT2D eigenvalue weighted by atomic mass is 10.1. The molecule has 30 heavy (non-hydrogen) atoms. The molecule has 0 amide bonds. The number of oxime groups is 1. The molecule has 0 spiro atoms. The van der Waals surface area contributed by atoms with Crippen LogP contribution in [0.4, 0.5) is 13.2 Å². The molecule has 0 fully saturated rings. The van der Waals surface area contributed by atoms with E-state index in [-0.39, 0.29) is 19.6 Å². The van der Waals surface area contributed by atoms with Gasteiger partial charge < -0.3 is 19.4 Å². The summed E-state index contributed by atoms with van der Waals surface area (Å²) in [4.78, 5) is 16.2. The second-order valence-corrected chi connectivity index (χ2v) is 6.17. The molecule has 2 aromatic carbocycles. The number of ether oxygens (including phenoxy) is 2. The molecule has 9 heteroatoms. The summed E-state index contributed by atoms with van der Waals surface area (Å²) in [6, 6.07) is 9.65. The molecule has 0 aliphatic heterocycles. The number of carboxylic acid groups (broad SMARTS) is 1. The van der Waals surface area contributed by atoms with E-state index in [1.807, 2.05) is 6.92 Å². The van der Waals surface area contributed by atoms with Gasteiger partial charge in [-0.05, 0) is 30.2 Å². The fourth-order valence-corrected chi connectivity index (χ4v) is 2.69. The predicted octanol–water partition coefficient (Wildman–Crippen LogP) is 4.55. The van der Waals surface area contributed by atoms with E-state index >= 15 is 0 Å². The van der Waals surface area contributed by atoms with Crippen LogP contribution in [0.25, 0.3) is 0 Å². The van der Waals surface area contributed by atoms with Gasteiger partial charge in [0.05, 0.1) is 24.8 Å². The van der Waals surface area contributed by atoms with Gasteiger partial charge in [0.25, 0.3) is 0 Å². The van der Waals surface area contributed by atoms with Gasteiger partial charge in [-0.15, -0.1) is 0 Å². The predicted molar refractivity (Wildman–Crippen MR) is 104 cm³/mol. The van der Waals surface area contributed by atoms with Crippen LogP contribution in [0.2, 0.25) is 0 Å². The highest BCUT2D eigenvalue weighted by atomic mass is 19.4. The van der Waals surface area contributed by atoms with Crippen molar-refractivity contribution in [3.63, 3.8) is 0 Å². The summed E-state index contributed by atoms with van der Waals surface area (Å²) in [5, 5.41) is 12.9. The van der Waals surface area contributed by atoms with Crippen LogP contribution in [0.15, 0.2) is 47.6 Å². The quantitative estimate of drug-likeness (QED) is 0.343. The van der Waals surface area contributed by atoms with E-state index in [2.05, 4.69) is 5.16 Å². The van der Waals surface area contributed by atoms with Gasteiger partial charge in [-0.1, -0.05) is 36.3 Å². The Bertz CT molecular complexity index is 879. The second kappa shape index (κ2) is 10.5. The van der Waals surface area contributed by atoms with E-state index < -0.39 is 17.7 Å². The number of hydrogen-bond donors (Lipinski definition) is 1. The number of rotatable bonds is 10. The standard InChI is InChI=1S/C21H22F3NO5/c1-3-17(14-7-9-16(10-8-14)21(22,23)24)25-30-12-11-29-18-6-4-5-15(13-19(26)27)20(18)28-2/h4-10H,3,11-13H2,1-2H3,(H,26,27)/b25-17+. The number of carboxylic acids is 1. The first-order chi connectivity index (χ1) is 14.3. The summed E-state index contributed by atoms with van der Waals surface area (Å²) in [6.45, 7) is 2.01. The fourth-order valence-electron chi connectivity index (χ4n) is 2.69. The highest BCUT2D eigenvalue weighted by Gasteiger charge is 2.30. The third-order valence-electron chi connectivity index (χ3n) is 4.09. The van der Waals surface area contributed by atoms with Crippen molar-refractivity contribution < 1.29 is 37.4 Å². The third kappa shape index (κ3) is 6.40. The van der Waals surface area contributed by atoms with Crippen molar-refractivity contribution in [2.24, 2.45) is 5.16 Å². The SMILES string of the molecule is CC/C(=N\OCCOc1cccc(CC(=O)O)c1OC)c1ccc(C(F)(F)F)cc1. The highest BCUT2D eigenvalue weighted by molar-refractivity contribution is 6.00. The smallest absolute Gasteiger partial charge is 0.416 e. The molecule has 2 aromatic rings. The van der Waals surface area contributed by atoms with E-state index in [1.165, 1.54) is 19.2 Å². The number of aliphatic carboxylic acids is 1. The number of halogens is 3. The number of benzene rings is 2. The van der Waals surface area contributed by atoms with E-state index in [1.54, 1.807) is 18.2 Å². The van der Waals surface area contributed by atoms with Crippen molar-refractivity contribution in [2.45, 2.75) is 25.9 Å². The molecule has 0 aliphatic rings. The summed E-state index contributed by atoms with van der Waals surface area (Å²) in [7, 11) is 1.42. The van der Waals surface area contributed by atoms with Gasteiger partial charge in [-0.2, -0.15) is 13.2 Å². The van der Waals surface area contributed by atoms with Crippen LogP contribution in [-0.4, -0.2) is 37.1 Å². The molecule has 162 valence electrons. The summed E-state index contributed by atoms with van der Waals surface area (Å²) < 4.78 is 48.8. The van der Waals surface area contributed by atoms with Gasteiger partial charge in [0.1, 0.15) is 6.61 Å². The van der Waals surface area contributed by atoms with E-state index in [0.717, 1.165) is 12.1 Å². The molecule has 2 rings (SSSR count). The van der Waals surface area contributed by atoms with Crippen molar-refractivity contribution >= 4 is 11.7 Å². The van der Waals surface area contributed by atoms with Crippen LogP contribution >= 0.6 is 0 Å². The first-order valence-corrected chi connectivity index (χ1v) is 9.13. The Labute approximate surface area is 171 Å². The number of carbonyl (C=O) groups is 1. The van der Waals surface area contributed by atoms with Gasteiger partial charge >= 0.3 is 12.1 Å². The molecule has 0 aromatic heterocycles. The van der Waals surface area contributed by atoms with Gasteiger partial charge in [-0.3, -0.25) is 4.79 Å². The molecule has 0 aliphatic carbocycles. The maximum atomic E-state index is 12.7.